The summed E-state index contributed by atoms with van der Waals surface area (Å²) in [6.07, 6.45) is 9.19. The molecule has 0 bridgehead atoms. The summed E-state index contributed by atoms with van der Waals surface area (Å²) in [5, 5.41) is 6.49. The van der Waals surface area contributed by atoms with Crippen LogP contribution in [-0.4, -0.2) is 36.7 Å². The molecule has 2 fully saturated rings. The lowest BCUT2D eigenvalue weighted by Crippen LogP contribution is -2.48. The molecule has 2 rings (SSSR count). The molecule has 1 atom stereocenters. The summed E-state index contributed by atoms with van der Waals surface area (Å²) in [6.45, 7) is 5.64. The van der Waals surface area contributed by atoms with Crippen molar-refractivity contribution in [2.75, 3.05) is 13.2 Å². The van der Waals surface area contributed by atoms with E-state index in [1.54, 1.807) is 0 Å². The van der Waals surface area contributed by atoms with E-state index < -0.39 is 0 Å². The summed E-state index contributed by atoms with van der Waals surface area (Å²) >= 11 is 0. The Morgan fingerprint density at radius 2 is 2.05 bits per heavy atom. The summed E-state index contributed by atoms with van der Waals surface area (Å²) < 4.78 is 6.10. The number of hydrogen-bond donors (Lipinski definition) is 2. The van der Waals surface area contributed by atoms with Crippen LogP contribution in [0.4, 0.5) is 0 Å². The second kappa shape index (κ2) is 7.41. The van der Waals surface area contributed by atoms with Crippen LogP contribution in [0.25, 0.3) is 0 Å². The monoisotopic (exact) mass is 282 g/mol. The Hall–Kier alpha value is -0.610. The molecule has 2 N–H and O–H groups in total. The zero-order valence-corrected chi connectivity index (χ0v) is 13.0. The van der Waals surface area contributed by atoms with Gasteiger partial charge in [0.05, 0.1) is 5.60 Å². The lowest BCUT2D eigenvalue weighted by molar-refractivity contribution is -0.121. The summed E-state index contributed by atoms with van der Waals surface area (Å²) in [5.74, 6) is 0.145. The Bertz CT molecular complexity index is 306. The van der Waals surface area contributed by atoms with Gasteiger partial charge in [0.2, 0.25) is 5.91 Å². The third-order valence-corrected chi connectivity index (χ3v) is 4.49. The van der Waals surface area contributed by atoms with E-state index in [2.05, 4.69) is 10.6 Å². The van der Waals surface area contributed by atoms with Crippen LogP contribution < -0.4 is 10.6 Å². The van der Waals surface area contributed by atoms with Gasteiger partial charge in [0, 0.05) is 31.7 Å². The first-order chi connectivity index (χ1) is 9.60. The molecule has 116 valence electrons. The standard InChI is InChI=1S/C16H30N2O2/c1-13(2)18-15(19)6-10-17-14-7-11-20-16(12-14)8-4-3-5-9-16/h13-14,17H,3-12H2,1-2H3,(H,18,19). The van der Waals surface area contributed by atoms with Crippen molar-refractivity contribution < 1.29 is 9.53 Å². The Balaban J connectivity index is 1.69. The van der Waals surface area contributed by atoms with Crippen LogP contribution in [0.5, 0.6) is 0 Å². The van der Waals surface area contributed by atoms with Gasteiger partial charge in [-0.3, -0.25) is 4.79 Å². The van der Waals surface area contributed by atoms with Gasteiger partial charge in [0.1, 0.15) is 0 Å². The van der Waals surface area contributed by atoms with Gasteiger partial charge in [-0.15, -0.1) is 0 Å². The number of ether oxygens (including phenoxy) is 1. The van der Waals surface area contributed by atoms with E-state index in [4.69, 9.17) is 4.74 Å². The third kappa shape index (κ3) is 4.74. The SMILES string of the molecule is CC(C)NC(=O)CCNC1CCOC2(CCCCC2)C1. The van der Waals surface area contributed by atoms with Crippen molar-refractivity contribution in [2.24, 2.45) is 0 Å². The van der Waals surface area contributed by atoms with Crippen LogP contribution in [0.15, 0.2) is 0 Å². The molecule has 1 saturated carbocycles. The maximum atomic E-state index is 11.6. The molecule has 0 radical (unpaired) electrons. The topological polar surface area (TPSA) is 50.4 Å². The van der Waals surface area contributed by atoms with Gasteiger partial charge in [-0.25, -0.2) is 0 Å². The Morgan fingerprint density at radius 3 is 2.75 bits per heavy atom. The van der Waals surface area contributed by atoms with E-state index in [1.165, 1.54) is 32.1 Å². The van der Waals surface area contributed by atoms with E-state index in [0.29, 0.717) is 12.5 Å². The molecular weight excluding hydrogens is 252 g/mol. The molecule has 1 heterocycles. The van der Waals surface area contributed by atoms with Gasteiger partial charge >= 0.3 is 0 Å². The number of hydrogen-bond acceptors (Lipinski definition) is 3. The second-order valence-electron chi connectivity index (χ2n) is 6.71. The molecule has 1 aliphatic heterocycles. The molecule has 0 aromatic heterocycles. The van der Waals surface area contributed by atoms with E-state index >= 15 is 0 Å². The van der Waals surface area contributed by atoms with Crippen LogP contribution in [0, 0.1) is 0 Å². The van der Waals surface area contributed by atoms with Gasteiger partial charge in [-0.05, 0) is 39.5 Å². The minimum atomic E-state index is 0.145. The molecule has 1 amide bonds. The molecule has 4 heteroatoms. The molecular formula is C16H30N2O2. The zero-order valence-electron chi connectivity index (χ0n) is 13.0. The molecule has 2 aliphatic rings. The van der Waals surface area contributed by atoms with Gasteiger partial charge < -0.3 is 15.4 Å². The minimum absolute atomic E-state index is 0.145. The normalized spacial score (nSPS) is 25.9. The van der Waals surface area contributed by atoms with Gasteiger partial charge in [0.25, 0.3) is 0 Å². The van der Waals surface area contributed by atoms with Crippen molar-refractivity contribution in [3.8, 4) is 0 Å². The maximum Gasteiger partial charge on any atom is 0.221 e. The minimum Gasteiger partial charge on any atom is -0.375 e. The fourth-order valence-corrected chi connectivity index (χ4v) is 3.53. The quantitative estimate of drug-likeness (QED) is 0.814. The fourth-order valence-electron chi connectivity index (χ4n) is 3.53. The number of carbonyl (C=O) groups is 1. The largest absolute Gasteiger partial charge is 0.375 e. The first-order valence-corrected chi connectivity index (χ1v) is 8.26. The van der Waals surface area contributed by atoms with Crippen LogP contribution in [0.1, 0.15) is 65.2 Å². The van der Waals surface area contributed by atoms with Crippen LogP contribution in [0.2, 0.25) is 0 Å². The van der Waals surface area contributed by atoms with Crippen molar-refractivity contribution >= 4 is 5.91 Å². The average molecular weight is 282 g/mol. The van der Waals surface area contributed by atoms with E-state index in [-0.39, 0.29) is 17.6 Å². The second-order valence-corrected chi connectivity index (χ2v) is 6.71. The lowest BCUT2D eigenvalue weighted by atomic mass is 9.78. The van der Waals surface area contributed by atoms with Crippen LogP contribution in [0.3, 0.4) is 0 Å². The highest BCUT2D eigenvalue weighted by molar-refractivity contribution is 5.76. The highest BCUT2D eigenvalue weighted by Crippen LogP contribution is 2.38. The first-order valence-electron chi connectivity index (χ1n) is 8.26. The van der Waals surface area contributed by atoms with E-state index in [1.807, 2.05) is 13.8 Å². The molecule has 1 aliphatic carbocycles. The van der Waals surface area contributed by atoms with Crippen molar-refractivity contribution in [3.05, 3.63) is 0 Å². The highest BCUT2D eigenvalue weighted by Gasteiger charge is 2.38. The molecule has 20 heavy (non-hydrogen) atoms. The third-order valence-electron chi connectivity index (χ3n) is 4.49. The van der Waals surface area contributed by atoms with Gasteiger partial charge in [-0.1, -0.05) is 19.3 Å². The first kappa shape index (κ1) is 15.8. The Kier molecular flexibility index (Phi) is 5.85. The van der Waals surface area contributed by atoms with Gasteiger partial charge in [-0.2, -0.15) is 0 Å². The zero-order chi connectivity index (χ0) is 14.4. The fraction of sp³-hybridized carbons (Fsp3) is 0.938. The van der Waals surface area contributed by atoms with Crippen molar-refractivity contribution in [1.29, 1.82) is 0 Å². The van der Waals surface area contributed by atoms with E-state index in [0.717, 1.165) is 26.0 Å². The smallest absolute Gasteiger partial charge is 0.221 e. The summed E-state index contributed by atoms with van der Waals surface area (Å²) in [6, 6.07) is 0.754. The van der Waals surface area contributed by atoms with Gasteiger partial charge in [0.15, 0.2) is 0 Å². The molecule has 1 saturated heterocycles. The summed E-state index contributed by atoms with van der Waals surface area (Å²) in [4.78, 5) is 11.6. The van der Waals surface area contributed by atoms with Crippen LogP contribution in [-0.2, 0) is 9.53 Å². The summed E-state index contributed by atoms with van der Waals surface area (Å²) in [7, 11) is 0. The van der Waals surface area contributed by atoms with Crippen LogP contribution >= 0.6 is 0 Å². The Labute approximate surface area is 123 Å². The average Bonchev–Trinajstić information content (AvgIpc) is 2.39. The summed E-state index contributed by atoms with van der Waals surface area (Å²) in [5.41, 5.74) is 0.147. The number of rotatable bonds is 5. The molecule has 1 unspecified atom stereocenters. The predicted molar refractivity (Wildman–Crippen MR) is 80.7 cm³/mol. The highest BCUT2D eigenvalue weighted by atomic mass is 16.5. The van der Waals surface area contributed by atoms with Crippen molar-refractivity contribution in [2.45, 2.75) is 82.9 Å². The molecule has 0 aromatic carbocycles. The molecule has 4 nitrogen and oxygen atoms in total. The number of carbonyl (C=O) groups excluding carboxylic acids is 1. The maximum absolute atomic E-state index is 11.6. The van der Waals surface area contributed by atoms with Crippen molar-refractivity contribution in [3.63, 3.8) is 0 Å². The number of amides is 1. The van der Waals surface area contributed by atoms with E-state index in [9.17, 15) is 4.79 Å². The lowest BCUT2D eigenvalue weighted by Gasteiger charge is -2.43. The molecule has 1 spiro atoms. The molecule has 0 aromatic rings. The van der Waals surface area contributed by atoms with Crippen molar-refractivity contribution in [1.82, 2.24) is 10.6 Å². The Morgan fingerprint density at radius 1 is 1.30 bits per heavy atom. The predicted octanol–water partition coefficient (Wildman–Crippen LogP) is 2.37. The number of nitrogens with one attached hydrogen (secondary N) is 2.